The molecule has 0 spiro atoms. The number of fused-ring (bicyclic) bond motifs is 1. The topological polar surface area (TPSA) is 119 Å². The van der Waals surface area contributed by atoms with Crippen LogP contribution in [0.15, 0.2) is 73.2 Å². The van der Waals surface area contributed by atoms with Crippen molar-refractivity contribution in [3.05, 3.63) is 84.3 Å². The maximum atomic E-state index is 12.7. The predicted octanol–water partition coefficient (Wildman–Crippen LogP) is 3.77. The molecule has 2 N–H and O–H groups in total. The van der Waals surface area contributed by atoms with Crippen molar-refractivity contribution in [3.63, 3.8) is 0 Å². The zero-order valence-corrected chi connectivity index (χ0v) is 22.4. The number of rotatable bonds is 9. The van der Waals surface area contributed by atoms with Gasteiger partial charge in [-0.3, -0.25) is 9.69 Å². The van der Waals surface area contributed by atoms with E-state index in [0.717, 1.165) is 28.1 Å². The highest BCUT2D eigenvalue weighted by molar-refractivity contribution is 5.77. The lowest BCUT2D eigenvalue weighted by Crippen LogP contribution is -2.53. The fourth-order valence-corrected chi connectivity index (χ4v) is 4.96. The van der Waals surface area contributed by atoms with Gasteiger partial charge in [0, 0.05) is 43.6 Å². The first-order valence-electron chi connectivity index (χ1n) is 13.0. The number of piperidine rings is 1. The molecular weight excluding hydrogens is 512 g/mol. The van der Waals surface area contributed by atoms with Crippen LogP contribution in [-0.4, -0.2) is 64.9 Å². The molecule has 1 aliphatic rings. The van der Waals surface area contributed by atoms with Crippen molar-refractivity contribution in [1.29, 1.82) is 0 Å². The molecule has 0 unspecified atom stereocenters. The number of carbonyl (C=O) groups is 2. The Hall–Kier alpha value is -4.64. The van der Waals surface area contributed by atoms with E-state index in [0.29, 0.717) is 31.9 Å². The molecule has 5 rings (SSSR count). The van der Waals surface area contributed by atoms with Crippen LogP contribution in [0.4, 0.5) is 16.3 Å². The Morgan fingerprint density at radius 3 is 2.73 bits per heavy atom. The quantitative estimate of drug-likeness (QED) is 0.304. The maximum Gasteiger partial charge on any atom is 0.407 e. The van der Waals surface area contributed by atoms with E-state index in [9.17, 15) is 9.59 Å². The molecule has 0 aliphatic carbocycles. The molecule has 3 heterocycles. The maximum absolute atomic E-state index is 12.7. The minimum Gasteiger partial charge on any atom is -0.497 e. The fourth-order valence-electron chi connectivity index (χ4n) is 4.96. The largest absolute Gasteiger partial charge is 0.497 e. The van der Waals surface area contributed by atoms with E-state index in [2.05, 4.69) is 25.6 Å². The zero-order valence-electron chi connectivity index (χ0n) is 22.4. The summed E-state index contributed by atoms with van der Waals surface area (Å²) in [6.45, 7) is 1.81. The molecule has 1 aliphatic heterocycles. The van der Waals surface area contributed by atoms with Gasteiger partial charge in [-0.25, -0.2) is 14.3 Å². The summed E-state index contributed by atoms with van der Waals surface area (Å²) in [5.41, 5.74) is 3.57. The number of esters is 1. The van der Waals surface area contributed by atoms with Crippen molar-refractivity contribution >= 4 is 29.1 Å². The third-order valence-corrected chi connectivity index (χ3v) is 6.98. The Balaban J connectivity index is 1.27. The fraction of sp³-hybridized carbons (Fsp3) is 0.310. The number of carbonyl (C=O) groups excluding carboxylic acids is 2. The monoisotopic (exact) mass is 544 g/mol. The highest BCUT2D eigenvalue weighted by Crippen LogP contribution is 2.27. The number of alkyl carbamates (subject to hydrolysis) is 1. The highest BCUT2D eigenvalue weighted by Gasteiger charge is 2.36. The molecular formula is C29H32N6O5. The Bertz CT molecular complexity index is 1460. The van der Waals surface area contributed by atoms with Crippen LogP contribution in [0.25, 0.3) is 5.52 Å². The number of amides is 1. The lowest BCUT2D eigenvalue weighted by atomic mass is 9.92. The molecule has 1 saturated heterocycles. The molecule has 2 aromatic heterocycles. The van der Waals surface area contributed by atoms with E-state index in [1.54, 1.807) is 11.6 Å². The number of ether oxygens (including phenoxy) is 3. The van der Waals surface area contributed by atoms with Crippen LogP contribution in [0.1, 0.15) is 17.5 Å². The van der Waals surface area contributed by atoms with Crippen LogP contribution in [0.3, 0.4) is 0 Å². The van der Waals surface area contributed by atoms with Gasteiger partial charge in [-0.15, -0.1) is 0 Å². The van der Waals surface area contributed by atoms with Crippen LogP contribution < -0.4 is 15.4 Å². The number of methoxy groups -OCH3 is 2. The Labute approximate surface area is 232 Å². The summed E-state index contributed by atoms with van der Waals surface area (Å²) in [6, 6.07) is 18.7. The molecule has 208 valence electrons. The summed E-state index contributed by atoms with van der Waals surface area (Å²) in [6.07, 6.45) is 3.40. The molecule has 11 nitrogen and oxygen atoms in total. The van der Waals surface area contributed by atoms with E-state index in [1.165, 1.54) is 13.4 Å². The molecule has 0 saturated carbocycles. The predicted molar refractivity (Wildman–Crippen MR) is 148 cm³/mol. The van der Waals surface area contributed by atoms with Crippen LogP contribution in [0.2, 0.25) is 0 Å². The Morgan fingerprint density at radius 2 is 1.93 bits per heavy atom. The van der Waals surface area contributed by atoms with Crippen LogP contribution in [0, 0.1) is 5.92 Å². The van der Waals surface area contributed by atoms with E-state index in [1.807, 2.05) is 66.9 Å². The average Bonchev–Trinajstić information content (AvgIpc) is 3.40. The molecule has 0 bridgehead atoms. The van der Waals surface area contributed by atoms with E-state index in [4.69, 9.17) is 14.2 Å². The van der Waals surface area contributed by atoms with Gasteiger partial charge in [0.15, 0.2) is 5.82 Å². The lowest BCUT2D eigenvalue weighted by Gasteiger charge is -2.37. The van der Waals surface area contributed by atoms with Crippen LogP contribution >= 0.6 is 0 Å². The molecule has 11 heteroatoms. The number of hydrogen-bond acceptors (Lipinski definition) is 9. The van der Waals surface area contributed by atoms with Crippen LogP contribution in [-0.2, 0) is 27.4 Å². The first kappa shape index (κ1) is 26.9. The van der Waals surface area contributed by atoms with Gasteiger partial charge in [-0.1, -0.05) is 36.4 Å². The Kier molecular flexibility index (Phi) is 8.41. The summed E-state index contributed by atoms with van der Waals surface area (Å²) >= 11 is 0. The molecule has 4 aromatic rings. The summed E-state index contributed by atoms with van der Waals surface area (Å²) < 4.78 is 17.6. The van der Waals surface area contributed by atoms with Gasteiger partial charge in [-0.2, -0.15) is 5.10 Å². The summed E-state index contributed by atoms with van der Waals surface area (Å²) in [5.74, 6) is 0.483. The summed E-state index contributed by atoms with van der Waals surface area (Å²) in [7, 11) is 2.99. The first-order valence-corrected chi connectivity index (χ1v) is 13.0. The number of benzene rings is 2. The summed E-state index contributed by atoms with van der Waals surface area (Å²) in [5, 5.41) is 10.6. The zero-order chi connectivity index (χ0) is 27.9. The third kappa shape index (κ3) is 6.32. The number of nitrogens with one attached hydrogen (secondary N) is 2. The normalized spacial score (nSPS) is 17.2. The van der Waals surface area contributed by atoms with E-state index >= 15 is 0 Å². The number of hydrogen-bond donors (Lipinski definition) is 2. The van der Waals surface area contributed by atoms with E-state index < -0.39 is 18.1 Å². The van der Waals surface area contributed by atoms with Gasteiger partial charge in [0.25, 0.3) is 0 Å². The van der Waals surface area contributed by atoms with Crippen molar-refractivity contribution in [2.75, 3.05) is 32.6 Å². The van der Waals surface area contributed by atoms with E-state index in [-0.39, 0.29) is 12.6 Å². The van der Waals surface area contributed by atoms with Gasteiger partial charge >= 0.3 is 12.1 Å². The van der Waals surface area contributed by atoms with Crippen molar-refractivity contribution in [2.24, 2.45) is 5.92 Å². The molecule has 0 radical (unpaired) electrons. The van der Waals surface area contributed by atoms with Gasteiger partial charge in [0.1, 0.15) is 24.2 Å². The lowest BCUT2D eigenvalue weighted by molar-refractivity contribution is -0.148. The van der Waals surface area contributed by atoms with Crippen molar-refractivity contribution in [2.45, 2.75) is 25.6 Å². The number of anilines is 2. The van der Waals surface area contributed by atoms with Crippen molar-refractivity contribution in [1.82, 2.24) is 24.8 Å². The second-order valence-corrected chi connectivity index (χ2v) is 9.57. The second-order valence-electron chi connectivity index (χ2n) is 9.57. The highest BCUT2D eigenvalue weighted by atomic mass is 16.5. The molecule has 1 fully saturated rings. The first-order chi connectivity index (χ1) is 19.5. The molecule has 1 amide bonds. The van der Waals surface area contributed by atoms with Crippen molar-refractivity contribution < 1.29 is 23.8 Å². The summed E-state index contributed by atoms with van der Waals surface area (Å²) in [4.78, 5) is 31.9. The van der Waals surface area contributed by atoms with Gasteiger partial charge in [0.05, 0.1) is 20.1 Å². The van der Waals surface area contributed by atoms with Crippen LogP contribution in [0.5, 0.6) is 5.75 Å². The Morgan fingerprint density at radius 1 is 1.07 bits per heavy atom. The van der Waals surface area contributed by atoms with Gasteiger partial charge in [-0.05, 0) is 35.7 Å². The average molecular weight is 545 g/mol. The minimum atomic E-state index is -0.556. The number of likely N-dealkylation sites (tertiary alicyclic amines) is 1. The van der Waals surface area contributed by atoms with Crippen molar-refractivity contribution in [3.8, 4) is 5.75 Å². The minimum absolute atomic E-state index is 0.157. The molecule has 2 atom stereocenters. The third-order valence-electron chi connectivity index (χ3n) is 6.98. The second kappa shape index (κ2) is 12.5. The number of aromatic nitrogens is 3. The molecule has 2 aromatic carbocycles. The van der Waals surface area contributed by atoms with Gasteiger partial charge < -0.3 is 24.8 Å². The van der Waals surface area contributed by atoms with Gasteiger partial charge in [0.2, 0.25) is 0 Å². The smallest absolute Gasteiger partial charge is 0.407 e. The standard InChI is InChI=1S/C29H32N6O5/c1-38-23-10-6-9-22(15-23)32-27-26-21(11-14-35(26)31-19-30-27)16-34-13-12-25(24(17-34)28(36)39-2)33-29(37)40-18-20-7-4-3-5-8-20/h3-11,14-15,19,24-25H,12-13,16-18H2,1-2H3,(H,33,37)(H,30,31,32)/t24-,25+/m0/s1. The number of nitrogens with zero attached hydrogens (tertiary/aromatic N) is 4. The molecule has 40 heavy (non-hydrogen) atoms. The SMILES string of the molecule is COC(=O)[C@H]1CN(Cc2ccn3ncnc(Nc4cccc(OC)c4)c23)CC[C@H]1NC(=O)OCc1ccccc1.